The van der Waals surface area contributed by atoms with Crippen molar-refractivity contribution >= 4 is 46.7 Å². The number of carbonyl (C=O) groups is 2. The number of carbonyl (C=O) groups excluding carboxylic acids is 2. The number of benzene rings is 4. The van der Waals surface area contributed by atoms with Crippen LogP contribution in [0.3, 0.4) is 0 Å². The summed E-state index contributed by atoms with van der Waals surface area (Å²) in [4.78, 5) is 27.5. The van der Waals surface area contributed by atoms with Crippen molar-refractivity contribution in [3.8, 4) is 0 Å². The van der Waals surface area contributed by atoms with Crippen LogP contribution >= 0.6 is 0 Å². The minimum atomic E-state index is -0.436. The van der Waals surface area contributed by atoms with Gasteiger partial charge in [-0.05, 0) is 71.8 Å². The molecule has 0 atom stereocenters. The SMILES string of the molecule is CN(C)c1ccc(/C=C/C([O-])=C/C(=O)Nc2ccccc2)cc1.CN(C)c1ccc(/C=C/C([O-])=C/C(=O)Nc2ccccc2)cc1.[Cu+2]. The van der Waals surface area contributed by atoms with E-state index in [2.05, 4.69) is 10.6 Å². The minimum absolute atomic E-state index is 0. The third-order valence-electron chi connectivity index (χ3n) is 6.33. The summed E-state index contributed by atoms with van der Waals surface area (Å²) >= 11 is 0. The Labute approximate surface area is 287 Å². The van der Waals surface area contributed by atoms with Gasteiger partial charge in [0.15, 0.2) is 0 Å². The Morgan fingerprint density at radius 2 is 0.851 bits per heavy atom. The number of rotatable bonds is 10. The quantitative estimate of drug-likeness (QED) is 0.102. The Morgan fingerprint density at radius 3 is 1.15 bits per heavy atom. The summed E-state index contributed by atoms with van der Waals surface area (Å²) in [6, 6.07) is 33.6. The molecule has 47 heavy (non-hydrogen) atoms. The smallest absolute Gasteiger partial charge is 0.872 e. The average Bonchev–Trinajstić information content (AvgIpc) is 3.04. The molecule has 0 unspecified atom stereocenters. The van der Waals surface area contributed by atoms with E-state index < -0.39 is 11.8 Å². The molecule has 4 aromatic carbocycles. The molecule has 0 aliphatic heterocycles. The molecule has 0 aromatic heterocycles. The predicted octanol–water partition coefficient (Wildman–Crippen LogP) is 5.29. The molecule has 0 saturated heterocycles. The van der Waals surface area contributed by atoms with Gasteiger partial charge in [-0.15, -0.1) is 11.5 Å². The number of para-hydroxylation sites is 2. The molecule has 1 radical (unpaired) electrons. The molecule has 0 saturated carbocycles. The zero-order valence-electron chi connectivity index (χ0n) is 26.7. The van der Waals surface area contributed by atoms with Crippen LogP contribution in [0.5, 0.6) is 0 Å². The van der Waals surface area contributed by atoms with Crippen LogP contribution in [0, 0.1) is 0 Å². The third kappa shape index (κ3) is 14.4. The van der Waals surface area contributed by atoms with Gasteiger partial charge in [0.1, 0.15) is 0 Å². The first-order chi connectivity index (χ1) is 22.1. The number of allylic oxidation sites excluding steroid dienone is 2. The summed E-state index contributed by atoms with van der Waals surface area (Å²) in [5.41, 5.74) is 5.29. The molecule has 8 nitrogen and oxygen atoms in total. The molecular weight excluding hydrogens is 640 g/mol. The molecule has 245 valence electrons. The van der Waals surface area contributed by atoms with E-state index in [9.17, 15) is 19.8 Å². The molecule has 0 heterocycles. The van der Waals surface area contributed by atoms with Crippen LogP contribution in [0.15, 0.2) is 145 Å². The van der Waals surface area contributed by atoms with Crippen LogP contribution < -0.4 is 30.6 Å². The van der Waals surface area contributed by atoms with Crippen molar-refractivity contribution in [1.29, 1.82) is 0 Å². The Morgan fingerprint density at radius 1 is 0.532 bits per heavy atom. The van der Waals surface area contributed by atoms with Gasteiger partial charge in [-0.3, -0.25) is 9.59 Å². The van der Waals surface area contributed by atoms with Crippen molar-refractivity contribution in [2.24, 2.45) is 0 Å². The van der Waals surface area contributed by atoms with Gasteiger partial charge in [0.2, 0.25) is 11.8 Å². The van der Waals surface area contributed by atoms with Crippen molar-refractivity contribution in [1.82, 2.24) is 0 Å². The number of nitrogens with one attached hydrogen (secondary N) is 2. The first-order valence-electron chi connectivity index (χ1n) is 14.5. The Bertz CT molecular complexity index is 1540. The molecular formula is C38H38CuN4O4. The maximum absolute atomic E-state index is 11.8. The van der Waals surface area contributed by atoms with Crippen LogP contribution in [-0.2, 0) is 26.7 Å². The fourth-order valence-electron chi connectivity index (χ4n) is 3.88. The Balaban J connectivity index is 0.000000320. The maximum Gasteiger partial charge on any atom is 2.00 e. The van der Waals surface area contributed by atoms with E-state index in [1.54, 1.807) is 36.4 Å². The van der Waals surface area contributed by atoms with Crippen molar-refractivity contribution in [2.75, 3.05) is 48.6 Å². The van der Waals surface area contributed by atoms with E-state index in [0.717, 1.165) is 34.7 Å². The topological polar surface area (TPSA) is 111 Å². The van der Waals surface area contributed by atoms with Crippen molar-refractivity contribution in [2.45, 2.75) is 0 Å². The minimum Gasteiger partial charge on any atom is -0.872 e. The molecule has 2 amide bonds. The van der Waals surface area contributed by atoms with E-state index in [1.165, 1.54) is 12.2 Å². The Hall–Kier alpha value is -5.50. The van der Waals surface area contributed by atoms with Gasteiger partial charge in [0.05, 0.1) is 0 Å². The molecule has 0 aliphatic rings. The van der Waals surface area contributed by atoms with Crippen LogP contribution in [0.1, 0.15) is 11.1 Å². The monoisotopic (exact) mass is 677 g/mol. The molecule has 4 aromatic rings. The zero-order chi connectivity index (χ0) is 33.3. The van der Waals surface area contributed by atoms with Crippen molar-refractivity contribution < 1.29 is 36.9 Å². The number of hydrogen-bond acceptors (Lipinski definition) is 6. The first kappa shape index (κ1) is 37.7. The second-order valence-electron chi connectivity index (χ2n) is 10.4. The van der Waals surface area contributed by atoms with Gasteiger partial charge in [0.25, 0.3) is 0 Å². The summed E-state index contributed by atoms with van der Waals surface area (Å²) in [6.07, 6.45) is 8.22. The fraction of sp³-hybridized carbons (Fsp3) is 0.105. The van der Waals surface area contributed by atoms with E-state index in [-0.39, 0.29) is 28.6 Å². The van der Waals surface area contributed by atoms with Gasteiger partial charge >= 0.3 is 17.1 Å². The van der Waals surface area contributed by atoms with Gasteiger partial charge in [-0.25, -0.2) is 0 Å². The van der Waals surface area contributed by atoms with Crippen LogP contribution in [0.25, 0.3) is 12.2 Å². The normalized spacial score (nSPS) is 11.2. The number of amides is 2. The third-order valence-corrected chi connectivity index (χ3v) is 6.33. The number of nitrogens with zero attached hydrogens (tertiary/aromatic N) is 2. The summed E-state index contributed by atoms with van der Waals surface area (Å²) in [7, 11) is 7.87. The maximum atomic E-state index is 11.8. The van der Waals surface area contributed by atoms with Gasteiger partial charge in [-0.2, -0.15) is 0 Å². The van der Waals surface area contributed by atoms with E-state index >= 15 is 0 Å². The summed E-state index contributed by atoms with van der Waals surface area (Å²) < 4.78 is 0. The van der Waals surface area contributed by atoms with Crippen LogP contribution in [0.4, 0.5) is 22.7 Å². The van der Waals surface area contributed by atoms with E-state index in [4.69, 9.17) is 0 Å². The van der Waals surface area contributed by atoms with Crippen molar-refractivity contribution in [3.05, 3.63) is 156 Å². The molecule has 4 rings (SSSR count). The molecule has 0 bridgehead atoms. The van der Waals surface area contributed by atoms with Gasteiger partial charge < -0.3 is 30.6 Å². The zero-order valence-corrected chi connectivity index (χ0v) is 27.6. The second-order valence-corrected chi connectivity index (χ2v) is 10.4. The first-order valence-corrected chi connectivity index (χ1v) is 14.5. The summed E-state index contributed by atoms with van der Waals surface area (Å²) in [6.45, 7) is 0. The molecule has 0 fully saturated rings. The molecule has 9 heteroatoms. The standard InChI is InChI=1S/2C19H20N2O2.Cu/c2*1-21(2)17-11-8-15(9-12-17)10-13-18(22)14-19(23)20-16-6-4-3-5-7-16;/h2*3-14,22H,1-2H3,(H,20,23);/q;;+2/p-2/b2*13-10+,18-14-;. The molecule has 0 spiro atoms. The van der Waals surface area contributed by atoms with Gasteiger partial charge in [-0.1, -0.05) is 85.0 Å². The predicted molar refractivity (Wildman–Crippen MR) is 186 cm³/mol. The second kappa shape index (κ2) is 19.8. The van der Waals surface area contributed by atoms with E-state index in [0.29, 0.717) is 11.4 Å². The van der Waals surface area contributed by atoms with Crippen LogP contribution in [-0.4, -0.2) is 40.0 Å². The van der Waals surface area contributed by atoms with E-state index in [1.807, 2.05) is 123 Å². The number of hydrogen-bond donors (Lipinski definition) is 2. The van der Waals surface area contributed by atoms with Gasteiger partial charge in [0, 0.05) is 50.9 Å². The largest absolute Gasteiger partial charge is 2.00 e. The van der Waals surface area contributed by atoms with Crippen LogP contribution in [0.2, 0.25) is 0 Å². The van der Waals surface area contributed by atoms with Crippen molar-refractivity contribution in [3.63, 3.8) is 0 Å². The Kier molecular flexibility index (Phi) is 15.9. The molecule has 2 N–H and O–H groups in total. The average molecular weight is 678 g/mol. The number of anilines is 4. The summed E-state index contributed by atoms with van der Waals surface area (Å²) in [5, 5.41) is 28.8. The fourth-order valence-corrected chi connectivity index (χ4v) is 3.88. The molecule has 0 aliphatic carbocycles. The summed E-state index contributed by atoms with van der Waals surface area (Å²) in [5.74, 6) is -1.58.